The van der Waals surface area contributed by atoms with Gasteiger partial charge in [-0.3, -0.25) is 0 Å². The van der Waals surface area contributed by atoms with Gasteiger partial charge >= 0.3 is 5.97 Å². The quantitative estimate of drug-likeness (QED) is 0.0433. The number of carbonyl (C=O) groups is 1. The Morgan fingerprint density at radius 3 is 1.95 bits per heavy atom. The number of rotatable bonds is 16. The molecule has 4 heterocycles. The van der Waals surface area contributed by atoms with E-state index in [1.54, 1.807) is 0 Å². The summed E-state index contributed by atoms with van der Waals surface area (Å²) in [5.41, 5.74) is -3.42. The first kappa shape index (κ1) is 47.6. The molecule has 23 nitrogen and oxygen atoms in total. The Morgan fingerprint density at radius 1 is 0.710 bits per heavy atom. The number of aromatic hydroxyl groups is 4. The molecule has 4 aliphatic heterocycles. The van der Waals surface area contributed by atoms with Gasteiger partial charge in [-0.15, -0.1) is 0 Å². The number of carbonyl (C=O) groups excluding carboxylic acids is 1. The fourth-order valence-corrected chi connectivity index (χ4v) is 7.11. The first-order chi connectivity index (χ1) is 29.4. The molecule has 4 fully saturated rings. The van der Waals surface area contributed by atoms with Crippen LogP contribution in [0.4, 0.5) is 0 Å². The number of esters is 1. The number of hydrogen-bond donors (Lipinski definition) is 13. The van der Waals surface area contributed by atoms with Gasteiger partial charge in [0.1, 0.15) is 60.0 Å². The molecule has 0 saturated carbocycles. The average Bonchev–Trinajstić information content (AvgIpc) is 3.70. The minimum absolute atomic E-state index is 0.0929. The predicted molar refractivity (Wildman–Crippen MR) is 200 cm³/mol. The maximum atomic E-state index is 13.4. The molecule has 0 unspecified atom stereocenters. The van der Waals surface area contributed by atoms with E-state index in [0.717, 1.165) is 12.1 Å². The number of phenols is 4. The Hall–Kier alpha value is -3.83. The minimum atomic E-state index is -2.09. The molecular formula is C39H52O23. The molecule has 0 radical (unpaired) electrons. The molecule has 13 N–H and O–H groups in total. The predicted octanol–water partition coefficient (Wildman–Crippen LogP) is -4.09. The van der Waals surface area contributed by atoms with Gasteiger partial charge in [0.15, 0.2) is 54.3 Å². The zero-order chi connectivity index (χ0) is 45.1. The van der Waals surface area contributed by atoms with Crippen LogP contribution in [0.15, 0.2) is 42.5 Å². The third-order valence-corrected chi connectivity index (χ3v) is 10.9. The summed E-state index contributed by atoms with van der Waals surface area (Å²) in [6.07, 6.45) is -21.3. The molecular weight excluding hydrogens is 836 g/mol. The van der Waals surface area contributed by atoms with Gasteiger partial charge in [-0.2, -0.15) is 0 Å². The molecule has 4 saturated heterocycles. The number of aliphatic hydroxyl groups excluding tert-OH is 7. The number of ether oxygens (including phenoxy) is 9. The highest BCUT2D eigenvalue weighted by molar-refractivity contribution is 5.87. The first-order valence-corrected chi connectivity index (χ1v) is 19.4. The van der Waals surface area contributed by atoms with Gasteiger partial charge < -0.3 is 109 Å². The molecule has 0 spiro atoms. The molecule has 346 valence electrons. The van der Waals surface area contributed by atoms with Gasteiger partial charge in [-0.05, 0) is 54.8 Å². The lowest BCUT2D eigenvalue weighted by molar-refractivity contribution is -0.367. The van der Waals surface area contributed by atoms with Crippen LogP contribution in [0, 0.1) is 0 Å². The highest BCUT2D eigenvalue weighted by Gasteiger charge is 2.56. The van der Waals surface area contributed by atoms with E-state index in [4.69, 9.17) is 42.6 Å². The summed E-state index contributed by atoms with van der Waals surface area (Å²) in [6.45, 7) is -2.28. The van der Waals surface area contributed by atoms with Crippen molar-refractivity contribution in [1.29, 1.82) is 0 Å². The van der Waals surface area contributed by atoms with Crippen LogP contribution in [0.3, 0.4) is 0 Å². The van der Waals surface area contributed by atoms with Gasteiger partial charge in [-0.1, -0.05) is 12.1 Å². The van der Waals surface area contributed by atoms with Crippen LogP contribution in [-0.2, 0) is 53.8 Å². The highest BCUT2D eigenvalue weighted by Crippen LogP contribution is 2.36. The second-order valence-electron chi connectivity index (χ2n) is 15.5. The molecule has 2 aromatic carbocycles. The summed E-state index contributed by atoms with van der Waals surface area (Å²) >= 11 is 0. The Balaban J connectivity index is 1.26. The lowest BCUT2D eigenvalue weighted by Crippen LogP contribution is -2.65. The van der Waals surface area contributed by atoms with E-state index in [1.807, 2.05) is 0 Å². The van der Waals surface area contributed by atoms with Crippen molar-refractivity contribution in [2.24, 2.45) is 0 Å². The van der Waals surface area contributed by atoms with E-state index < -0.39 is 154 Å². The van der Waals surface area contributed by atoms with Gasteiger partial charge in [0, 0.05) is 6.08 Å². The lowest BCUT2D eigenvalue weighted by Gasteiger charge is -2.47. The van der Waals surface area contributed by atoms with Crippen LogP contribution < -0.4 is 0 Å². The zero-order valence-electron chi connectivity index (χ0n) is 33.0. The molecule has 6 rings (SSSR count). The third-order valence-electron chi connectivity index (χ3n) is 10.9. The van der Waals surface area contributed by atoms with Crippen LogP contribution in [0.1, 0.15) is 18.1 Å². The van der Waals surface area contributed by atoms with Crippen molar-refractivity contribution in [3.05, 3.63) is 53.6 Å². The van der Waals surface area contributed by atoms with E-state index in [0.29, 0.717) is 5.56 Å². The van der Waals surface area contributed by atoms with E-state index in [9.17, 15) is 71.2 Å². The van der Waals surface area contributed by atoms with Crippen molar-refractivity contribution in [3.63, 3.8) is 0 Å². The fraction of sp³-hybridized carbons (Fsp3) is 0.615. The van der Waals surface area contributed by atoms with Crippen molar-refractivity contribution in [3.8, 4) is 23.0 Å². The van der Waals surface area contributed by atoms with Gasteiger partial charge in [0.05, 0.1) is 45.7 Å². The van der Waals surface area contributed by atoms with Gasteiger partial charge in [0.2, 0.25) is 0 Å². The van der Waals surface area contributed by atoms with Crippen LogP contribution in [0.25, 0.3) is 6.08 Å². The normalized spacial score (nSPS) is 38.7. The third kappa shape index (κ3) is 10.4. The summed E-state index contributed by atoms with van der Waals surface area (Å²) in [5.74, 6) is -2.77. The van der Waals surface area contributed by atoms with Crippen LogP contribution in [0.2, 0.25) is 0 Å². The number of benzene rings is 2. The molecule has 0 amide bonds. The molecule has 4 aliphatic rings. The van der Waals surface area contributed by atoms with E-state index in [2.05, 4.69) is 0 Å². The summed E-state index contributed by atoms with van der Waals surface area (Å²) < 4.78 is 51.7. The Morgan fingerprint density at radius 2 is 1.32 bits per heavy atom. The average molecular weight is 889 g/mol. The van der Waals surface area contributed by atoms with Crippen molar-refractivity contribution < 1.29 is 114 Å². The SMILES string of the molecule is C[C@H]1O[C@@H](O[C@H]2[C@@H](O)[C@H](OCCc3ccc(O)c(O)c3)O[C@H](CO[C@@H]3OC[C@@](O)(CO)[C@H]3O)[C@H]2OC(=O)/C=C/c2ccc(O)c(O)c2)[C@H](O)[C@@H](O)[C@@H]1O[C@@H]1OC[C@@](O)(CO)[C@H]1O. The maximum Gasteiger partial charge on any atom is 0.331 e. The number of phenolic OH excluding ortho intramolecular Hbond substituents is 4. The zero-order valence-corrected chi connectivity index (χ0v) is 33.0. The number of aliphatic hydroxyl groups is 9. The molecule has 62 heavy (non-hydrogen) atoms. The maximum absolute atomic E-state index is 13.4. The van der Waals surface area contributed by atoms with E-state index >= 15 is 0 Å². The Bertz CT molecular complexity index is 1850. The van der Waals surface area contributed by atoms with Crippen molar-refractivity contribution in [2.75, 3.05) is 39.6 Å². The molecule has 2 aromatic rings. The van der Waals surface area contributed by atoms with Crippen molar-refractivity contribution in [1.82, 2.24) is 0 Å². The van der Waals surface area contributed by atoms with Crippen LogP contribution in [0.5, 0.6) is 23.0 Å². The summed E-state index contributed by atoms with van der Waals surface area (Å²) in [7, 11) is 0. The lowest BCUT2D eigenvalue weighted by atomic mass is 9.96. The standard InChI is InChI=1S/C39H52O23/c1-17-29(61-37-33(51)39(53,14-41)16-57-37)26(47)27(48)35(58-17)62-31-28(49)34(54-9-8-19-3-6-21(43)23(45)11-19)59-24(12-55-36-32(50)38(52,13-40)15-56-36)30(31)60-25(46)7-4-18-2-5-20(42)22(44)10-18/h2-7,10-11,17,24,26-37,40-45,47-53H,8-9,12-16H2,1H3/b7-4+/t17-,24-,26-,27-,28-,29-,30-,31+,32+,33+,34-,35+,36-,37+,38+,39+/m1/s1. The Kier molecular flexibility index (Phi) is 15.3. The highest BCUT2D eigenvalue weighted by atomic mass is 16.8. The molecule has 0 bridgehead atoms. The van der Waals surface area contributed by atoms with E-state index in [-0.39, 0.29) is 24.3 Å². The van der Waals surface area contributed by atoms with Crippen LogP contribution in [-0.4, -0.2) is 209 Å². The fourth-order valence-electron chi connectivity index (χ4n) is 7.11. The first-order valence-electron chi connectivity index (χ1n) is 19.4. The monoisotopic (exact) mass is 888 g/mol. The summed E-state index contributed by atoms with van der Waals surface area (Å²) in [4.78, 5) is 13.4. The molecule has 23 heteroatoms. The topological polar surface area (TPSA) is 363 Å². The van der Waals surface area contributed by atoms with Gasteiger partial charge in [-0.25, -0.2) is 4.79 Å². The second kappa shape index (κ2) is 19.9. The number of hydrogen-bond acceptors (Lipinski definition) is 23. The minimum Gasteiger partial charge on any atom is -0.504 e. The smallest absolute Gasteiger partial charge is 0.331 e. The summed E-state index contributed by atoms with van der Waals surface area (Å²) in [5, 5.41) is 135. The molecule has 0 aliphatic carbocycles. The molecule has 0 aromatic heterocycles. The molecule has 16 atom stereocenters. The van der Waals surface area contributed by atoms with E-state index in [1.165, 1.54) is 43.3 Å². The van der Waals surface area contributed by atoms with Gasteiger partial charge in [0.25, 0.3) is 0 Å². The van der Waals surface area contributed by atoms with Crippen LogP contribution >= 0.6 is 0 Å². The van der Waals surface area contributed by atoms with Crippen molar-refractivity contribution in [2.45, 2.75) is 111 Å². The second-order valence-corrected chi connectivity index (χ2v) is 15.5. The largest absolute Gasteiger partial charge is 0.504 e. The Labute approximate surface area is 352 Å². The summed E-state index contributed by atoms with van der Waals surface area (Å²) in [6, 6.07) is 7.72. The van der Waals surface area contributed by atoms with Crippen molar-refractivity contribution >= 4 is 12.0 Å².